The summed E-state index contributed by atoms with van der Waals surface area (Å²) in [6, 6.07) is 23.1. The number of aliphatic imine (C=N–C) groups is 1. The van der Waals surface area contributed by atoms with E-state index in [9.17, 15) is 9.59 Å². The molecule has 9 nitrogen and oxygen atoms in total. The van der Waals surface area contributed by atoms with Crippen molar-refractivity contribution < 1.29 is 14.3 Å². The Morgan fingerprint density at radius 1 is 1.10 bits per heavy atom. The van der Waals surface area contributed by atoms with Gasteiger partial charge in [0.15, 0.2) is 5.96 Å². The van der Waals surface area contributed by atoms with Crippen LogP contribution in [0.4, 0.5) is 0 Å². The van der Waals surface area contributed by atoms with Crippen LogP contribution in [-0.4, -0.2) is 68.0 Å². The third-order valence-electron chi connectivity index (χ3n) is 7.10. The molecule has 39 heavy (non-hydrogen) atoms. The average molecular weight is 531 g/mol. The van der Waals surface area contributed by atoms with Crippen LogP contribution in [0.5, 0.6) is 0 Å². The summed E-state index contributed by atoms with van der Waals surface area (Å²) in [6.45, 7) is 1.85. The first-order valence-electron chi connectivity index (χ1n) is 13.4. The van der Waals surface area contributed by atoms with Gasteiger partial charge >= 0.3 is 0 Å². The van der Waals surface area contributed by atoms with Crippen molar-refractivity contribution in [3.05, 3.63) is 83.9 Å². The van der Waals surface area contributed by atoms with Crippen LogP contribution >= 0.6 is 0 Å². The lowest BCUT2D eigenvalue weighted by molar-refractivity contribution is -0.134. The molecule has 3 atom stereocenters. The summed E-state index contributed by atoms with van der Waals surface area (Å²) >= 11 is 0. The first-order valence-corrected chi connectivity index (χ1v) is 13.4. The summed E-state index contributed by atoms with van der Waals surface area (Å²) in [7, 11) is 1.66. The highest BCUT2D eigenvalue weighted by Crippen LogP contribution is 2.21. The number of rotatable bonds is 11. The number of guanidine groups is 1. The summed E-state index contributed by atoms with van der Waals surface area (Å²) in [4.78, 5) is 32.5. The second kappa shape index (κ2) is 13.7. The molecule has 206 valence electrons. The average Bonchev–Trinajstić information content (AvgIpc) is 3.10. The van der Waals surface area contributed by atoms with E-state index in [1.54, 1.807) is 7.11 Å². The molecule has 1 heterocycles. The smallest absolute Gasteiger partial charge is 0.251 e. The van der Waals surface area contributed by atoms with Gasteiger partial charge in [0.2, 0.25) is 5.91 Å². The highest BCUT2D eigenvalue weighted by molar-refractivity contribution is 5.98. The largest absolute Gasteiger partial charge is 0.375 e. The topological polar surface area (TPSA) is 135 Å². The van der Waals surface area contributed by atoms with Crippen LogP contribution in [0.15, 0.2) is 77.8 Å². The van der Waals surface area contributed by atoms with Crippen LogP contribution in [0.2, 0.25) is 0 Å². The van der Waals surface area contributed by atoms with Crippen molar-refractivity contribution in [1.82, 2.24) is 15.5 Å². The fourth-order valence-corrected chi connectivity index (χ4v) is 4.97. The number of fused-ring (bicyclic) bond motifs is 1. The summed E-state index contributed by atoms with van der Waals surface area (Å²) in [5.41, 5.74) is 12.6. The van der Waals surface area contributed by atoms with Gasteiger partial charge in [-0.15, -0.1) is 0 Å². The van der Waals surface area contributed by atoms with Gasteiger partial charge in [-0.3, -0.25) is 14.6 Å². The van der Waals surface area contributed by atoms with E-state index in [0.29, 0.717) is 51.0 Å². The molecule has 3 aromatic carbocycles. The van der Waals surface area contributed by atoms with E-state index < -0.39 is 6.04 Å². The van der Waals surface area contributed by atoms with E-state index in [2.05, 4.69) is 15.6 Å². The Morgan fingerprint density at radius 3 is 2.59 bits per heavy atom. The number of carbonyl (C=O) groups is 2. The number of nitrogens with one attached hydrogen (secondary N) is 2. The van der Waals surface area contributed by atoms with Crippen molar-refractivity contribution >= 4 is 28.5 Å². The number of amides is 2. The standard InChI is InChI=1S/C30H38N6O3/c1-39-27(22-9-3-2-4-10-22)20-36-17-15-25(35-26(29(36)38)12-7-16-33-30(31)32)19-34-28(37)24-14-13-21-8-5-6-11-23(21)18-24/h2-6,8-11,13-14,18,25-27,35H,7,12,15-17,19-20H2,1H3,(H,34,37)(H4,31,32,33). The molecule has 0 aliphatic carbocycles. The van der Waals surface area contributed by atoms with Crippen molar-refractivity contribution in [2.45, 2.75) is 37.5 Å². The van der Waals surface area contributed by atoms with Crippen molar-refractivity contribution in [3.63, 3.8) is 0 Å². The number of nitrogens with two attached hydrogens (primary N) is 2. The van der Waals surface area contributed by atoms with Gasteiger partial charge in [0.25, 0.3) is 5.91 Å². The fraction of sp³-hybridized carbons (Fsp3) is 0.367. The first-order chi connectivity index (χ1) is 18.9. The number of carbonyl (C=O) groups excluding carboxylic acids is 2. The van der Waals surface area contributed by atoms with E-state index in [1.807, 2.05) is 77.7 Å². The molecule has 3 aromatic rings. The normalized spacial score (nSPS) is 18.4. The first kappa shape index (κ1) is 28.1. The zero-order chi connectivity index (χ0) is 27.6. The highest BCUT2D eigenvalue weighted by Gasteiger charge is 2.32. The zero-order valence-corrected chi connectivity index (χ0v) is 22.4. The molecule has 0 aromatic heterocycles. The fourth-order valence-electron chi connectivity index (χ4n) is 4.97. The summed E-state index contributed by atoms with van der Waals surface area (Å²) in [5.74, 6) is -0.0827. The lowest BCUT2D eigenvalue weighted by Gasteiger charge is -2.28. The predicted molar refractivity (Wildman–Crippen MR) is 154 cm³/mol. The molecule has 0 bridgehead atoms. The van der Waals surface area contributed by atoms with E-state index in [-0.39, 0.29) is 29.9 Å². The number of ether oxygens (including phenoxy) is 1. The minimum absolute atomic E-state index is 0.0148. The Bertz CT molecular complexity index is 1280. The molecule has 0 spiro atoms. The third kappa shape index (κ3) is 7.78. The van der Waals surface area contributed by atoms with Gasteiger partial charge in [-0.2, -0.15) is 0 Å². The predicted octanol–water partition coefficient (Wildman–Crippen LogP) is 2.57. The van der Waals surface area contributed by atoms with Crippen molar-refractivity contribution in [2.75, 3.05) is 33.3 Å². The number of nitrogens with zero attached hydrogens (tertiary/aromatic N) is 2. The van der Waals surface area contributed by atoms with Crippen molar-refractivity contribution in [3.8, 4) is 0 Å². The van der Waals surface area contributed by atoms with E-state index in [1.165, 1.54) is 0 Å². The lowest BCUT2D eigenvalue weighted by Crippen LogP contribution is -2.49. The number of hydrogen-bond donors (Lipinski definition) is 4. The molecule has 6 N–H and O–H groups in total. The van der Waals surface area contributed by atoms with Gasteiger partial charge < -0.3 is 31.7 Å². The molecule has 1 saturated heterocycles. The Balaban J connectivity index is 1.43. The van der Waals surface area contributed by atoms with Crippen LogP contribution in [0.1, 0.15) is 41.3 Å². The Kier molecular flexibility index (Phi) is 9.88. The SMILES string of the molecule is COC(CN1CCC(CNC(=O)c2ccc3ccccc3c2)NC(CCCN=C(N)N)C1=O)c1ccccc1. The number of benzene rings is 3. The Hall–Kier alpha value is -3.95. The molecule has 0 radical (unpaired) electrons. The van der Waals surface area contributed by atoms with Crippen LogP contribution in [0.25, 0.3) is 10.8 Å². The molecule has 9 heteroatoms. The maximum Gasteiger partial charge on any atom is 0.251 e. The molecule has 2 amide bonds. The zero-order valence-electron chi connectivity index (χ0n) is 22.4. The minimum Gasteiger partial charge on any atom is -0.375 e. The highest BCUT2D eigenvalue weighted by atomic mass is 16.5. The maximum atomic E-state index is 13.6. The summed E-state index contributed by atoms with van der Waals surface area (Å²) < 4.78 is 5.76. The molecule has 3 unspecified atom stereocenters. The van der Waals surface area contributed by atoms with E-state index >= 15 is 0 Å². The minimum atomic E-state index is -0.419. The molecule has 1 fully saturated rings. The quantitative estimate of drug-likeness (QED) is 0.171. The van der Waals surface area contributed by atoms with Gasteiger partial charge in [-0.25, -0.2) is 0 Å². The molecule has 1 aliphatic rings. The van der Waals surface area contributed by atoms with E-state index in [0.717, 1.165) is 16.3 Å². The van der Waals surface area contributed by atoms with Gasteiger partial charge in [0, 0.05) is 38.3 Å². The Morgan fingerprint density at radius 2 is 1.85 bits per heavy atom. The summed E-state index contributed by atoms with van der Waals surface area (Å²) in [5, 5.41) is 8.66. The van der Waals surface area contributed by atoms with Crippen LogP contribution in [0, 0.1) is 0 Å². The Labute approximate surface area is 229 Å². The molecular weight excluding hydrogens is 492 g/mol. The van der Waals surface area contributed by atoms with Crippen molar-refractivity contribution in [1.29, 1.82) is 0 Å². The molecule has 1 aliphatic heterocycles. The van der Waals surface area contributed by atoms with Gasteiger partial charge in [0.1, 0.15) is 0 Å². The van der Waals surface area contributed by atoms with Gasteiger partial charge in [-0.05, 0) is 47.7 Å². The second-order valence-electron chi connectivity index (χ2n) is 9.84. The van der Waals surface area contributed by atoms with Gasteiger partial charge in [0.05, 0.1) is 18.7 Å². The van der Waals surface area contributed by atoms with Crippen LogP contribution in [0.3, 0.4) is 0 Å². The molecular formula is C30H38N6O3. The number of hydrogen-bond acceptors (Lipinski definition) is 5. The number of methoxy groups -OCH3 is 1. The monoisotopic (exact) mass is 530 g/mol. The van der Waals surface area contributed by atoms with Crippen molar-refractivity contribution in [2.24, 2.45) is 16.5 Å². The summed E-state index contributed by atoms with van der Waals surface area (Å²) in [6.07, 6.45) is 1.68. The molecule has 4 rings (SSSR count). The van der Waals surface area contributed by atoms with Crippen LogP contribution < -0.4 is 22.1 Å². The van der Waals surface area contributed by atoms with E-state index in [4.69, 9.17) is 16.2 Å². The molecule has 0 saturated carbocycles. The second-order valence-corrected chi connectivity index (χ2v) is 9.84. The third-order valence-corrected chi connectivity index (χ3v) is 7.10. The van der Waals surface area contributed by atoms with Crippen LogP contribution in [-0.2, 0) is 9.53 Å². The lowest BCUT2D eigenvalue weighted by atomic mass is 10.1. The van der Waals surface area contributed by atoms with Gasteiger partial charge in [-0.1, -0.05) is 60.7 Å². The maximum absolute atomic E-state index is 13.6.